The van der Waals surface area contributed by atoms with E-state index < -0.39 is 17.4 Å². The highest BCUT2D eigenvalue weighted by Gasteiger charge is 2.40. The van der Waals surface area contributed by atoms with Gasteiger partial charge in [0.15, 0.2) is 0 Å². The highest BCUT2D eigenvalue weighted by Crippen LogP contribution is 2.28. The van der Waals surface area contributed by atoms with E-state index in [0.717, 1.165) is 19.3 Å². The highest BCUT2D eigenvalue weighted by atomic mass is 16.4. The molecule has 1 saturated carbocycles. The van der Waals surface area contributed by atoms with Gasteiger partial charge in [-0.15, -0.1) is 0 Å². The lowest BCUT2D eigenvalue weighted by atomic mass is 9.81. The lowest BCUT2D eigenvalue weighted by Crippen LogP contribution is -2.56. The van der Waals surface area contributed by atoms with Crippen LogP contribution in [-0.4, -0.2) is 32.3 Å². The summed E-state index contributed by atoms with van der Waals surface area (Å²) in [5.74, 6) is -1.41. The summed E-state index contributed by atoms with van der Waals surface area (Å²) in [6.45, 7) is -0.129. The molecule has 1 amide bonds. The van der Waals surface area contributed by atoms with E-state index in [9.17, 15) is 19.5 Å². The number of carboxylic acids is 1. The maximum absolute atomic E-state index is 12.4. The van der Waals surface area contributed by atoms with E-state index in [1.54, 1.807) is 24.3 Å². The molecule has 0 saturated heterocycles. The summed E-state index contributed by atoms with van der Waals surface area (Å²) in [5, 5.41) is 16.7. The van der Waals surface area contributed by atoms with Crippen LogP contribution in [0.5, 0.6) is 0 Å². The van der Waals surface area contributed by atoms with Gasteiger partial charge in [-0.1, -0.05) is 31.4 Å². The maximum Gasteiger partial charge on any atom is 0.329 e. The first-order chi connectivity index (χ1) is 11.5. The number of hydrogen-bond acceptors (Lipinski definition) is 4. The number of amides is 1. The largest absolute Gasteiger partial charge is 0.480 e. The van der Waals surface area contributed by atoms with Gasteiger partial charge in [-0.05, 0) is 25.0 Å². The van der Waals surface area contributed by atoms with Crippen LogP contribution in [0.3, 0.4) is 0 Å². The average Bonchev–Trinajstić information content (AvgIpc) is 2.58. The lowest BCUT2D eigenvalue weighted by molar-refractivity contribution is -0.149. The zero-order chi connectivity index (χ0) is 17.2. The van der Waals surface area contributed by atoms with Gasteiger partial charge in [0, 0.05) is 5.39 Å². The van der Waals surface area contributed by atoms with E-state index in [2.05, 4.69) is 10.4 Å². The monoisotopic (exact) mass is 329 g/mol. The maximum atomic E-state index is 12.4. The van der Waals surface area contributed by atoms with Crippen molar-refractivity contribution in [3.8, 4) is 0 Å². The van der Waals surface area contributed by atoms with Crippen molar-refractivity contribution in [2.24, 2.45) is 0 Å². The molecule has 1 heterocycles. The fourth-order valence-corrected chi connectivity index (χ4v) is 3.28. The van der Waals surface area contributed by atoms with Crippen LogP contribution in [0.1, 0.15) is 32.1 Å². The van der Waals surface area contributed by atoms with Crippen LogP contribution in [0, 0.1) is 0 Å². The summed E-state index contributed by atoms with van der Waals surface area (Å²) in [7, 11) is 0. The predicted octanol–water partition coefficient (Wildman–Crippen LogP) is 1.30. The minimum atomic E-state index is -1.19. The molecule has 0 spiro atoms. The number of carboxylic acid groups (broad SMARTS) is 1. The topological polar surface area (TPSA) is 101 Å². The van der Waals surface area contributed by atoms with Crippen molar-refractivity contribution in [1.82, 2.24) is 15.1 Å². The van der Waals surface area contributed by atoms with Crippen LogP contribution in [0.25, 0.3) is 10.9 Å². The Labute approximate surface area is 138 Å². The minimum absolute atomic E-state index is 0.129. The summed E-state index contributed by atoms with van der Waals surface area (Å²) < 4.78 is 1.42. The molecule has 1 aliphatic carbocycles. The van der Waals surface area contributed by atoms with E-state index in [1.807, 2.05) is 0 Å². The number of aromatic nitrogens is 2. The van der Waals surface area contributed by atoms with Crippen molar-refractivity contribution in [2.75, 3.05) is 0 Å². The Morgan fingerprint density at radius 1 is 1.21 bits per heavy atom. The number of benzene rings is 1. The average molecular weight is 329 g/mol. The summed E-state index contributed by atoms with van der Waals surface area (Å²) >= 11 is 0. The first-order valence-corrected chi connectivity index (χ1v) is 8.01. The van der Waals surface area contributed by atoms with E-state index in [-0.39, 0.29) is 12.0 Å². The number of carbonyl (C=O) groups excluding carboxylic acids is 1. The fourth-order valence-electron chi connectivity index (χ4n) is 3.28. The van der Waals surface area contributed by atoms with Gasteiger partial charge in [0.2, 0.25) is 11.3 Å². The van der Waals surface area contributed by atoms with Crippen molar-refractivity contribution in [3.05, 3.63) is 40.7 Å². The van der Waals surface area contributed by atoms with E-state index in [4.69, 9.17) is 0 Å². The number of nitrogens with one attached hydrogen (secondary N) is 1. The van der Waals surface area contributed by atoms with Gasteiger partial charge in [0.25, 0.3) is 0 Å². The van der Waals surface area contributed by atoms with Gasteiger partial charge in [0.1, 0.15) is 12.1 Å². The standard InChI is InChI=1S/C17H19N3O4/c21-14-10-18-20(13-7-3-2-6-12(13)14)11-15(22)19-17(16(23)24)8-4-1-5-9-17/h2-3,6-7,10H,1,4-5,8-9,11H2,(H,19,22)(H,23,24). The van der Waals surface area contributed by atoms with Crippen molar-refractivity contribution in [3.63, 3.8) is 0 Å². The predicted molar refractivity (Wildman–Crippen MR) is 87.6 cm³/mol. The zero-order valence-corrected chi connectivity index (χ0v) is 13.2. The van der Waals surface area contributed by atoms with Gasteiger partial charge in [-0.2, -0.15) is 5.10 Å². The highest BCUT2D eigenvalue weighted by molar-refractivity contribution is 5.88. The number of nitrogens with zero attached hydrogens (tertiary/aromatic N) is 2. The van der Waals surface area contributed by atoms with Gasteiger partial charge < -0.3 is 10.4 Å². The Morgan fingerprint density at radius 3 is 2.62 bits per heavy atom. The van der Waals surface area contributed by atoms with Crippen LogP contribution < -0.4 is 10.7 Å². The summed E-state index contributed by atoms with van der Waals surface area (Å²) in [6.07, 6.45) is 4.59. The smallest absolute Gasteiger partial charge is 0.329 e. The first-order valence-electron chi connectivity index (χ1n) is 8.01. The Balaban J connectivity index is 1.84. The quantitative estimate of drug-likeness (QED) is 0.880. The summed E-state index contributed by atoms with van der Waals surface area (Å²) in [4.78, 5) is 35.9. The summed E-state index contributed by atoms with van der Waals surface area (Å²) in [6, 6.07) is 6.89. The second-order valence-electron chi connectivity index (χ2n) is 6.18. The van der Waals surface area contributed by atoms with Crippen molar-refractivity contribution >= 4 is 22.8 Å². The second-order valence-corrected chi connectivity index (χ2v) is 6.18. The van der Waals surface area contributed by atoms with Crippen LogP contribution in [-0.2, 0) is 16.1 Å². The molecule has 0 radical (unpaired) electrons. The molecule has 0 aliphatic heterocycles. The Bertz CT molecular complexity index is 837. The van der Waals surface area contributed by atoms with Crippen LogP contribution >= 0.6 is 0 Å². The third kappa shape index (κ3) is 3.02. The minimum Gasteiger partial charge on any atom is -0.480 e. The zero-order valence-electron chi connectivity index (χ0n) is 13.2. The normalized spacial score (nSPS) is 16.7. The molecule has 3 rings (SSSR count). The number of carbonyl (C=O) groups is 2. The Kier molecular flexibility index (Phi) is 4.33. The fraction of sp³-hybridized carbons (Fsp3) is 0.412. The molecule has 24 heavy (non-hydrogen) atoms. The van der Waals surface area contributed by atoms with Crippen molar-refractivity contribution in [2.45, 2.75) is 44.2 Å². The first kappa shape index (κ1) is 16.2. The number of para-hydroxylation sites is 1. The third-order valence-corrected chi connectivity index (χ3v) is 4.55. The molecule has 7 nitrogen and oxygen atoms in total. The molecule has 0 atom stereocenters. The lowest BCUT2D eigenvalue weighted by Gasteiger charge is -2.34. The van der Waals surface area contributed by atoms with Crippen LogP contribution in [0.15, 0.2) is 35.3 Å². The Hall–Kier alpha value is -2.70. The molecule has 0 bridgehead atoms. The number of rotatable bonds is 4. The molecular formula is C17H19N3O4. The molecule has 1 aliphatic rings. The van der Waals surface area contributed by atoms with E-state index >= 15 is 0 Å². The number of hydrogen-bond donors (Lipinski definition) is 2. The number of fused-ring (bicyclic) bond motifs is 1. The van der Waals surface area contributed by atoms with E-state index in [1.165, 1.54) is 10.9 Å². The molecular weight excluding hydrogens is 310 g/mol. The second kappa shape index (κ2) is 6.43. The van der Waals surface area contributed by atoms with Crippen LogP contribution in [0.4, 0.5) is 0 Å². The summed E-state index contributed by atoms with van der Waals surface area (Å²) in [5.41, 5.74) is -0.853. The molecule has 1 aromatic heterocycles. The molecule has 126 valence electrons. The Morgan fingerprint density at radius 2 is 1.92 bits per heavy atom. The van der Waals surface area contributed by atoms with Gasteiger partial charge in [-0.25, -0.2) is 4.79 Å². The van der Waals surface area contributed by atoms with Crippen molar-refractivity contribution < 1.29 is 14.7 Å². The third-order valence-electron chi connectivity index (χ3n) is 4.55. The van der Waals surface area contributed by atoms with E-state index in [0.29, 0.717) is 23.7 Å². The van der Waals surface area contributed by atoms with Gasteiger partial charge >= 0.3 is 5.97 Å². The van der Waals surface area contributed by atoms with Gasteiger partial charge in [0.05, 0.1) is 11.7 Å². The van der Waals surface area contributed by atoms with Gasteiger partial charge in [-0.3, -0.25) is 14.3 Å². The van der Waals surface area contributed by atoms with Crippen molar-refractivity contribution in [1.29, 1.82) is 0 Å². The SMILES string of the molecule is O=C(Cn1ncc(=O)c2ccccc21)NC1(C(=O)O)CCCCC1. The number of aliphatic carboxylic acids is 1. The molecule has 2 aromatic rings. The molecule has 1 fully saturated rings. The molecule has 7 heteroatoms. The molecule has 0 unspecified atom stereocenters. The van der Waals surface area contributed by atoms with Crippen LogP contribution in [0.2, 0.25) is 0 Å². The molecule has 1 aromatic carbocycles. The molecule has 2 N–H and O–H groups in total.